The predicted octanol–water partition coefficient (Wildman–Crippen LogP) is 1.03. The zero-order valence-electron chi connectivity index (χ0n) is 8.69. The summed E-state index contributed by atoms with van der Waals surface area (Å²) in [5.41, 5.74) is 0.359. The molecular formula is C11H14O4. The molecule has 15 heavy (non-hydrogen) atoms. The number of carbonyl (C=O) groups is 2. The summed E-state index contributed by atoms with van der Waals surface area (Å²) >= 11 is 0. The van der Waals surface area contributed by atoms with Gasteiger partial charge in [0.25, 0.3) is 0 Å². The quantitative estimate of drug-likeness (QED) is 0.423. The Morgan fingerprint density at radius 1 is 1.40 bits per heavy atom. The molecule has 4 nitrogen and oxygen atoms in total. The van der Waals surface area contributed by atoms with Gasteiger partial charge in [0.2, 0.25) is 5.78 Å². The zero-order valence-corrected chi connectivity index (χ0v) is 8.69. The molecule has 0 aromatic heterocycles. The van der Waals surface area contributed by atoms with Gasteiger partial charge >= 0.3 is 0 Å². The molecule has 0 saturated heterocycles. The number of benzene rings is 1. The molecule has 0 bridgehead atoms. The van der Waals surface area contributed by atoms with Gasteiger partial charge in [-0.3, -0.25) is 9.59 Å². The van der Waals surface area contributed by atoms with Gasteiger partial charge in [-0.2, -0.15) is 0 Å². The van der Waals surface area contributed by atoms with Crippen molar-refractivity contribution in [2.45, 2.75) is 20.0 Å². The van der Waals surface area contributed by atoms with E-state index in [0.717, 1.165) is 0 Å². The maximum atomic E-state index is 11.0. The highest BCUT2D eigenvalue weighted by atomic mass is 16.5. The Balaban J connectivity index is 0.00000196. The first-order valence-electron chi connectivity index (χ1n) is 4.39. The van der Waals surface area contributed by atoms with E-state index in [1.54, 1.807) is 24.3 Å². The number of aldehydes is 1. The first kappa shape index (κ1) is 13.3. The van der Waals surface area contributed by atoms with Crippen LogP contribution in [0.3, 0.4) is 0 Å². The molecule has 0 radical (unpaired) electrons. The van der Waals surface area contributed by atoms with E-state index in [-0.39, 0.29) is 11.6 Å². The number of hydrogen-bond donors (Lipinski definition) is 0. The summed E-state index contributed by atoms with van der Waals surface area (Å²) in [5.74, 6) is 0.0758. The van der Waals surface area contributed by atoms with Gasteiger partial charge in [0.15, 0.2) is 6.29 Å². The molecule has 82 valence electrons. The third-order valence-electron chi connectivity index (χ3n) is 1.60. The molecule has 0 amide bonds. The summed E-state index contributed by atoms with van der Waals surface area (Å²) in [4.78, 5) is 21.3. The van der Waals surface area contributed by atoms with Crippen LogP contribution in [0.1, 0.15) is 24.2 Å². The topological polar surface area (TPSA) is 74.9 Å². The molecule has 0 saturated carbocycles. The van der Waals surface area contributed by atoms with E-state index >= 15 is 0 Å². The van der Waals surface area contributed by atoms with E-state index < -0.39 is 5.78 Å². The van der Waals surface area contributed by atoms with Crippen LogP contribution in [0.15, 0.2) is 24.3 Å². The molecule has 0 fully saturated rings. The van der Waals surface area contributed by atoms with Crippen molar-refractivity contribution in [3.8, 4) is 5.75 Å². The SMILES string of the molecule is CC(C)Oc1cccc(C(=O)C=O)c1.O. The summed E-state index contributed by atoms with van der Waals surface area (Å²) < 4.78 is 5.38. The molecule has 0 aliphatic carbocycles. The van der Waals surface area contributed by atoms with Gasteiger partial charge in [0, 0.05) is 5.56 Å². The van der Waals surface area contributed by atoms with Crippen molar-refractivity contribution in [1.82, 2.24) is 0 Å². The summed E-state index contributed by atoms with van der Waals surface area (Å²) in [6, 6.07) is 6.59. The molecule has 0 heterocycles. The van der Waals surface area contributed by atoms with Gasteiger partial charge in [-0.1, -0.05) is 12.1 Å². The molecule has 0 aliphatic rings. The highest BCUT2D eigenvalue weighted by molar-refractivity contribution is 6.33. The standard InChI is InChI=1S/C11H12O3.H2O/c1-8(2)14-10-5-3-4-9(6-10)11(13)7-12;/h3-8H,1-2H3;1H2. The van der Waals surface area contributed by atoms with Crippen LogP contribution in [0.5, 0.6) is 5.75 Å². The van der Waals surface area contributed by atoms with Gasteiger partial charge in [0.1, 0.15) is 5.75 Å². The highest BCUT2D eigenvalue weighted by Gasteiger charge is 2.05. The van der Waals surface area contributed by atoms with Gasteiger partial charge < -0.3 is 10.2 Å². The second-order valence-corrected chi connectivity index (χ2v) is 3.18. The van der Waals surface area contributed by atoms with E-state index in [9.17, 15) is 9.59 Å². The van der Waals surface area contributed by atoms with Crippen molar-refractivity contribution < 1.29 is 19.8 Å². The van der Waals surface area contributed by atoms with Crippen LogP contribution in [-0.2, 0) is 4.79 Å². The van der Waals surface area contributed by atoms with E-state index in [2.05, 4.69) is 0 Å². The average molecular weight is 210 g/mol. The van der Waals surface area contributed by atoms with Crippen molar-refractivity contribution in [3.05, 3.63) is 29.8 Å². The van der Waals surface area contributed by atoms with Gasteiger partial charge in [0.05, 0.1) is 6.10 Å². The third-order valence-corrected chi connectivity index (χ3v) is 1.60. The summed E-state index contributed by atoms with van der Waals surface area (Å²) in [5, 5.41) is 0. The number of rotatable bonds is 4. The van der Waals surface area contributed by atoms with Crippen molar-refractivity contribution in [3.63, 3.8) is 0 Å². The smallest absolute Gasteiger partial charge is 0.225 e. The van der Waals surface area contributed by atoms with Crippen LogP contribution >= 0.6 is 0 Å². The molecule has 1 aromatic carbocycles. The van der Waals surface area contributed by atoms with Gasteiger partial charge in [-0.05, 0) is 26.0 Å². The number of hydrogen-bond acceptors (Lipinski definition) is 3. The molecule has 0 atom stereocenters. The van der Waals surface area contributed by atoms with Crippen LogP contribution < -0.4 is 4.74 Å². The molecule has 0 aliphatic heterocycles. The molecule has 2 N–H and O–H groups in total. The second kappa shape index (κ2) is 5.93. The number of ether oxygens (including phenoxy) is 1. The fraction of sp³-hybridized carbons (Fsp3) is 0.273. The first-order chi connectivity index (χ1) is 6.63. The lowest BCUT2D eigenvalue weighted by Gasteiger charge is -2.09. The Bertz CT molecular complexity index is 344. The normalized spacial score (nSPS) is 9.27. The molecule has 0 unspecified atom stereocenters. The molecule has 4 heteroatoms. The minimum absolute atomic E-state index is 0. The van der Waals surface area contributed by atoms with E-state index in [4.69, 9.17) is 4.74 Å². The number of Topliss-reactive ketones (excluding diaryl/α,β-unsaturated/α-hetero) is 1. The Labute approximate surface area is 88.2 Å². The lowest BCUT2D eigenvalue weighted by molar-refractivity contribution is -0.104. The van der Waals surface area contributed by atoms with Crippen LogP contribution in [-0.4, -0.2) is 23.6 Å². The van der Waals surface area contributed by atoms with E-state index in [1.165, 1.54) is 0 Å². The molecule has 1 rings (SSSR count). The zero-order chi connectivity index (χ0) is 10.6. The van der Waals surface area contributed by atoms with Gasteiger partial charge in [-0.25, -0.2) is 0 Å². The lowest BCUT2D eigenvalue weighted by Crippen LogP contribution is -2.06. The van der Waals surface area contributed by atoms with Crippen LogP contribution in [0, 0.1) is 0 Å². The van der Waals surface area contributed by atoms with E-state index in [0.29, 0.717) is 17.6 Å². The molecular weight excluding hydrogens is 196 g/mol. The summed E-state index contributed by atoms with van der Waals surface area (Å²) in [6.45, 7) is 3.79. The second-order valence-electron chi connectivity index (χ2n) is 3.18. The Morgan fingerprint density at radius 2 is 2.07 bits per heavy atom. The predicted molar refractivity (Wildman–Crippen MR) is 56.2 cm³/mol. The maximum Gasteiger partial charge on any atom is 0.225 e. The Hall–Kier alpha value is -1.68. The Kier molecular flexibility index (Phi) is 5.26. The van der Waals surface area contributed by atoms with E-state index in [1.807, 2.05) is 13.8 Å². The third kappa shape index (κ3) is 3.91. The minimum atomic E-state index is -0.529. The van der Waals surface area contributed by atoms with Crippen molar-refractivity contribution in [2.24, 2.45) is 0 Å². The fourth-order valence-corrected chi connectivity index (χ4v) is 1.06. The fourth-order valence-electron chi connectivity index (χ4n) is 1.06. The van der Waals surface area contributed by atoms with Crippen molar-refractivity contribution in [1.29, 1.82) is 0 Å². The number of ketones is 1. The van der Waals surface area contributed by atoms with Crippen LogP contribution in [0.2, 0.25) is 0 Å². The molecule has 1 aromatic rings. The molecule has 0 spiro atoms. The van der Waals surface area contributed by atoms with Crippen LogP contribution in [0.4, 0.5) is 0 Å². The maximum absolute atomic E-state index is 11.0. The van der Waals surface area contributed by atoms with Gasteiger partial charge in [-0.15, -0.1) is 0 Å². The largest absolute Gasteiger partial charge is 0.491 e. The highest BCUT2D eigenvalue weighted by Crippen LogP contribution is 2.14. The summed E-state index contributed by atoms with van der Waals surface area (Å²) in [6.07, 6.45) is 0.352. The minimum Gasteiger partial charge on any atom is -0.491 e. The van der Waals surface area contributed by atoms with Crippen molar-refractivity contribution in [2.75, 3.05) is 0 Å². The average Bonchev–Trinajstić information content (AvgIpc) is 2.16. The Morgan fingerprint density at radius 3 is 2.60 bits per heavy atom. The summed E-state index contributed by atoms with van der Waals surface area (Å²) in [7, 11) is 0. The van der Waals surface area contributed by atoms with Crippen LogP contribution in [0.25, 0.3) is 0 Å². The monoisotopic (exact) mass is 210 g/mol. The lowest BCUT2D eigenvalue weighted by atomic mass is 10.1. The first-order valence-corrected chi connectivity index (χ1v) is 4.39. The van der Waals surface area contributed by atoms with Crippen molar-refractivity contribution >= 4 is 12.1 Å². The number of carbonyl (C=O) groups excluding carboxylic acids is 2.